The van der Waals surface area contributed by atoms with Crippen molar-refractivity contribution >= 4 is 51.7 Å². The van der Waals surface area contributed by atoms with Crippen molar-refractivity contribution in [2.45, 2.75) is 39.2 Å². The van der Waals surface area contributed by atoms with Gasteiger partial charge in [-0.3, -0.25) is 9.59 Å². The maximum Gasteiger partial charge on any atom is 0.325 e. The van der Waals surface area contributed by atoms with Crippen LogP contribution in [0.5, 0.6) is 28.9 Å². The first-order valence-electron chi connectivity index (χ1n) is 19.4. The first kappa shape index (κ1) is 45.4. The number of carbonyl (C=O) groups is 3. The zero-order valence-electron chi connectivity index (χ0n) is 35.2. The van der Waals surface area contributed by atoms with Gasteiger partial charge >= 0.3 is 12.0 Å². The van der Waals surface area contributed by atoms with Crippen LogP contribution >= 0.6 is 0 Å². The van der Waals surface area contributed by atoms with Crippen molar-refractivity contribution in [3.8, 4) is 28.9 Å². The molecule has 1 atom stereocenters. The number of carbonyl (C=O) groups excluding carboxylic acids is 2. The van der Waals surface area contributed by atoms with Crippen LogP contribution in [0.15, 0.2) is 79.0 Å². The van der Waals surface area contributed by atoms with Gasteiger partial charge in [0, 0.05) is 54.0 Å². The molecule has 0 aliphatic heterocycles. The molecule has 0 saturated heterocycles. The van der Waals surface area contributed by atoms with E-state index in [9.17, 15) is 19.5 Å². The van der Waals surface area contributed by atoms with E-state index in [2.05, 4.69) is 31.2 Å². The summed E-state index contributed by atoms with van der Waals surface area (Å²) in [6, 6.07) is 19.3. The maximum atomic E-state index is 13.6. The third-order valence-electron chi connectivity index (χ3n) is 9.02. The van der Waals surface area contributed by atoms with E-state index in [0.717, 1.165) is 0 Å². The highest BCUT2D eigenvalue weighted by atomic mass is 16.6. The molecule has 61 heavy (non-hydrogen) atoms. The van der Waals surface area contributed by atoms with E-state index in [4.69, 9.17) is 33.2 Å². The number of rotatable bonds is 21. The third kappa shape index (κ3) is 12.9. The zero-order valence-corrected chi connectivity index (χ0v) is 35.2. The SMILES string of the molecule is COCCOCCOCCOc1cc(Nc2nccc(Oc3ccc(NC(=O)Nc4cc(C(C)(C)C)cc(C(=O)NC(C)C(=O)O)c4OC)c4ccccc34)n2)cc(OC)c1. The number of methoxy groups -OCH3 is 3. The molecule has 0 radical (unpaired) electrons. The van der Waals surface area contributed by atoms with Crippen LogP contribution in [-0.2, 0) is 24.4 Å². The summed E-state index contributed by atoms with van der Waals surface area (Å²) >= 11 is 0. The maximum absolute atomic E-state index is 13.6. The fourth-order valence-electron chi connectivity index (χ4n) is 5.85. The van der Waals surface area contributed by atoms with Gasteiger partial charge in [-0.05, 0) is 42.2 Å². The highest BCUT2D eigenvalue weighted by molar-refractivity contribution is 6.09. The molecule has 17 nitrogen and oxygen atoms in total. The topological polar surface area (TPSA) is 210 Å². The monoisotopic (exact) mass is 840 g/mol. The molecule has 1 heterocycles. The first-order valence-corrected chi connectivity index (χ1v) is 19.4. The lowest BCUT2D eigenvalue weighted by molar-refractivity contribution is -0.138. The molecule has 0 aliphatic carbocycles. The van der Waals surface area contributed by atoms with Crippen LogP contribution in [0.3, 0.4) is 0 Å². The van der Waals surface area contributed by atoms with Gasteiger partial charge in [0.05, 0.1) is 64.2 Å². The molecular weight excluding hydrogens is 789 g/mol. The second-order valence-electron chi connectivity index (χ2n) is 14.5. The molecule has 0 aliphatic rings. The van der Waals surface area contributed by atoms with Gasteiger partial charge < -0.3 is 59.5 Å². The number of urea groups is 1. The molecule has 5 aromatic rings. The molecule has 5 rings (SSSR count). The molecule has 324 valence electrons. The van der Waals surface area contributed by atoms with E-state index in [-0.39, 0.29) is 28.8 Å². The Labute approximate surface area is 354 Å². The summed E-state index contributed by atoms with van der Waals surface area (Å²) in [6.45, 7) is 9.84. The molecule has 1 unspecified atom stereocenters. The van der Waals surface area contributed by atoms with E-state index in [1.807, 2.05) is 45.0 Å². The van der Waals surface area contributed by atoms with Gasteiger partial charge in [0.1, 0.15) is 29.9 Å². The minimum absolute atomic E-state index is 0.0724. The molecule has 0 spiro atoms. The van der Waals surface area contributed by atoms with Gasteiger partial charge in [0.15, 0.2) is 5.75 Å². The Kier molecular flexibility index (Phi) is 16.0. The van der Waals surface area contributed by atoms with Crippen molar-refractivity contribution in [2.75, 3.05) is 76.9 Å². The minimum Gasteiger partial charge on any atom is -0.497 e. The Bertz CT molecular complexity index is 2300. The van der Waals surface area contributed by atoms with Gasteiger partial charge in [-0.15, -0.1) is 0 Å². The number of hydrogen-bond donors (Lipinski definition) is 5. The van der Waals surface area contributed by atoms with Crippen molar-refractivity contribution in [1.82, 2.24) is 15.3 Å². The fraction of sp³-hybridized carbons (Fsp3) is 0.341. The number of anilines is 4. The van der Waals surface area contributed by atoms with Gasteiger partial charge in [-0.25, -0.2) is 9.78 Å². The predicted molar refractivity (Wildman–Crippen MR) is 230 cm³/mol. The van der Waals surface area contributed by atoms with E-state index in [0.29, 0.717) is 84.6 Å². The second-order valence-corrected chi connectivity index (χ2v) is 14.5. The molecular formula is C44H52N6O11. The van der Waals surface area contributed by atoms with E-state index in [1.54, 1.807) is 68.9 Å². The Hall–Kier alpha value is -6.69. The highest BCUT2D eigenvalue weighted by Gasteiger charge is 2.26. The van der Waals surface area contributed by atoms with Crippen molar-refractivity contribution in [3.63, 3.8) is 0 Å². The lowest BCUT2D eigenvalue weighted by atomic mass is 9.85. The summed E-state index contributed by atoms with van der Waals surface area (Å²) in [5.41, 5.74) is 1.65. The van der Waals surface area contributed by atoms with Gasteiger partial charge in [0.2, 0.25) is 11.8 Å². The van der Waals surface area contributed by atoms with Gasteiger partial charge in [-0.2, -0.15) is 4.98 Å². The number of hydrogen-bond acceptors (Lipinski definition) is 13. The number of aromatic nitrogens is 2. The summed E-state index contributed by atoms with van der Waals surface area (Å²) in [6.07, 6.45) is 1.56. The predicted octanol–water partition coefficient (Wildman–Crippen LogP) is 7.39. The normalized spacial score (nSPS) is 11.7. The Morgan fingerprint density at radius 2 is 1.46 bits per heavy atom. The number of aliphatic carboxylic acids is 1. The smallest absolute Gasteiger partial charge is 0.325 e. The summed E-state index contributed by atoms with van der Waals surface area (Å²) in [7, 11) is 4.55. The van der Waals surface area contributed by atoms with Crippen LogP contribution < -0.4 is 40.2 Å². The standard InChI is InChI=1S/C44H52N6O11/c1-27(41(52)53)46-40(51)34-22-28(44(2,3)4)23-36(39(34)57-7)49-43(54)48-35-12-13-37(33-11-9-8-10-32(33)35)61-38-14-15-45-42(50-38)47-29-24-30(56-6)26-31(25-29)60-21-20-59-19-18-58-17-16-55-5/h8-15,22-27H,16-21H2,1-7H3,(H,46,51)(H,52,53)(H,45,47,50)(H2,48,49,54). The van der Waals surface area contributed by atoms with Crippen LogP contribution in [0.4, 0.5) is 27.8 Å². The summed E-state index contributed by atoms with van der Waals surface area (Å²) in [5.74, 6) is 0.318. The second kappa shape index (κ2) is 21.5. The number of carboxylic acids is 1. The molecule has 0 bridgehead atoms. The summed E-state index contributed by atoms with van der Waals surface area (Å²) < 4.78 is 39.2. The lowest BCUT2D eigenvalue weighted by Gasteiger charge is -2.24. The zero-order chi connectivity index (χ0) is 43.9. The fourth-order valence-corrected chi connectivity index (χ4v) is 5.85. The molecule has 4 aromatic carbocycles. The molecule has 0 saturated carbocycles. The van der Waals surface area contributed by atoms with E-state index in [1.165, 1.54) is 14.0 Å². The molecule has 1 aromatic heterocycles. The molecule has 5 N–H and O–H groups in total. The van der Waals surface area contributed by atoms with E-state index < -0.39 is 29.4 Å². The van der Waals surface area contributed by atoms with Crippen molar-refractivity contribution < 1.29 is 52.6 Å². The third-order valence-corrected chi connectivity index (χ3v) is 9.02. The number of nitrogens with zero attached hydrogens (tertiary/aromatic N) is 2. The molecule has 3 amide bonds. The number of amides is 3. The largest absolute Gasteiger partial charge is 0.497 e. The quantitative estimate of drug-likeness (QED) is 0.0457. The van der Waals surface area contributed by atoms with Crippen LogP contribution in [0.1, 0.15) is 43.6 Å². The van der Waals surface area contributed by atoms with Crippen molar-refractivity contribution in [1.29, 1.82) is 0 Å². The Morgan fingerprint density at radius 1 is 0.770 bits per heavy atom. The number of carboxylic acid groups (broad SMARTS) is 1. The summed E-state index contributed by atoms with van der Waals surface area (Å²) in [4.78, 5) is 47.3. The van der Waals surface area contributed by atoms with Crippen molar-refractivity contribution in [3.05, 3.63) is 90.1 Å². The van der Waals surface area contributed by atoms with Crippen molar-refractivity contribution in [2.24, 2.45) is 0 Å². The van der Waals surface area contributed by atoms with Gasteiger partial charge in [0.25, 0.3) is 5.91 Å². The number of fused-ring (bicyclic) bond motifs is 1. The lowest BCUT2D eigenvalue weighted by Crippen LogP contribution is -2.38. The van der Waals surface area contributed by atoms with Crippen LogP contribution in [-0.4, -0.2) is 100.0 Å². The van der Waals surface area contributed by atoms with Gasteiger partial charge in [-0.1, -0.05) is 45.0 Å². The Morgan fingerprint density at radius 3 is 2.15 bits per heavy atom. The first-order chi connectivity index (χ1) is 29.3. The van der Waals surface area contributed by atoms with Crippen LogP contribution in [0.25, 0.3) is 10.8 Å². The number of nitrogens with one attached hydrogen (secondary N) is 4. The molecule has 0 fully saturated rings. The Balaban J connectivity index is 1.29. The van der Waals surface area contributed by atoms with Crippen LogP contribution in [0.2, 0.25) is 0 Å². The minimum atomic E-state index is -1.19. The number of ether oxygens (including phenoxy) is 7. The number of benzene rings is 4. The van der Waals surface area contributed by atoms with E-state index >= 15 is 0 Å². The van der Waals surface area contributed by atoms with Crippen LogP contribution in [0, 0.1) is 0 Å². The average molecular weight is 841 g/mol. The highest BCUT2D eigenvalue weighted by Crippen LogP contribution is 2.37. The summed E-state index contributed by atoms with van der Waals surface area (Å²) in [5, 5.41) is 22.1. The molecule has 17 heteroatoms. The average Bonchev–Trinajstić information content (AvgIpc) is 3.23.